The lowest BCUT2D eigenvalue weighted by Crippen LogP contribution is -2.51. The highest BCUT2D eigenvalue weighted by molar-refractivity contribution is 5.91. The van der Waals surface area contributed by atoms with Gasteiger partial charge in [-0.1, -0.05) is 22.9 Å². The third-order valence-corrected chi connectivity index (χ3v) is 4.02. The monoisotopic (exact) mass is 328 g/mol. The molecule has 0 spiro atoms. The van der Waals surface area contributed by atoms with Crippen molar-refractivity contribution in [3.8, 4) is 0 Å². The summed E-state index contributed by atoms with van der Waals surface area (Å²) in [6.45, 7) is 2.48. The van der Waals surface area contributed by atoms with E-state index < -0.39 is 0 Å². The summed E-state index contributed by atoms with van der Waals surface area (Å²) in [6, 6.07) is 11.5. The number of hydrogen-bond acceptors (Lipinski definition) is 3. The van der Waals surface area contributed by atoms with E-state index >= 15 is 0 Å². The molecule has 1 fully saturated rings. The molecule has 1 amide bonds. The summed E-state index contributed by atoms with van der Waals surface area (Å²) in [5, 5.41) is 9.82. The molecule has 0 atom stereocenters. The van der Waals surface area contributed by atoms with E-state index in [9.17, 15) is 14.4 Å². The van der Waals surface area contributed by atoms with Crippen LogP contribution in [0.4, 0.5) is 10.2 Å². The fraction of sp³-hybridized carbons (Fsp3) is 0.222. The Morgan fingerprint density at radius 3 is 2.46 bits per heavy atom. The van der Waals surface area contributed by atoms with Crippen LogP contribution in [-0.2, 0) is 4.79 Å². The van der Waals surface area contributed by atoms with E-state index in [2.05, 4.69) is 0 Å². The average molecular weight is 328 g/mol. The Hall–Kier alpha value is -2.89. The molecular weight excluding hydrogens is 309 g/mol. The first-order valence-electron chi connectivity index (χ1n) is 7.81. The number of pyridine rings is 1. The predicted molar refractivity (Wildman–Crippen MR) is 88.0 cm³/mol. The number of hydrogen-bond donors (Lipinski definition) is 1. The molecule has 1 aromatic heterocycles. The van der Waals surface area contributed by atoms with Gasteiger partial charge in [-0.15, -0.1) is 0 Å². The van der Waals surface area contributed by atoms with Crippen LogP contribution in [0, 0.1) is 5.82 Å². The van der Waals surface area contributed by atoms with Gasteiger partial charge >= 0.3 is 5.82 Å². The molecule has 1 N–H and O–H groups in total. The SMILES string of the molecule is O=C(/C=C/c1ccc(F)cc1)N1CCN(c2cccc[n+]2O)CC1. The number of carbonyl (C=O) groups is 1. The van der Waals surface area contributed by atoms with Crippen molar-refractivity contribution < 1.29 is 19.1 Å². The van der Waals surface area contributed by atoms with Crippen molar-refractivity contribution in [2.75, 3.05) is 31.1 Å². The van der Waals surface area contributed by atoms with Gasteiger partial charge in [-0.3, -0.25) is 9.69 Å². The van der Waals surface area contributed by atoms with Crippen LogP contribution in [0.5, 0.6) is 0 Å². The minimum Gasteiger partial charge on any atom is -0.350 e. The van der Waals surface area contributed by atoms with Crippen molar-refractivity contribution in [2.24, 2.45) is 0 Å². The molecule has 2 heterocycles. The summed E-state index contributed by atoms with van der Waals surface area (Å²) < 4.78 is 13.9. The van der Waals surface area contributed by atoms with Gasteiger partial charge in [0.05, 0.1) is 13.1 Å². The molecule has 0 unspecified atom stereocenters. The fourth-order valence-corrected chi connectivity index (χ4v) is 2.68. The molecule has 1 aromatic carbocycles. The predicted octanol–water partition coefficient (Wildman–Crippen LogP) is 1.71. The number of carbonyl (C=O) groups excluding carboxylic acids is 1. The third-order valence-electron chi connectivity index (χ3n) is 4.02. The smallest absolute Gasteiger partial charge is 0.316 e. The Morgan fingerprint density at radius 2 is 1.79 bits per heavy atom. The number of rotatable bonds is 3. The van der Waals surface area contributed by atoms with E-state index in [1.54, 1.807) is 35.4 Å². The average Bonchev–Trinajstić information content (AvgIpc) is 2.61. The first-order chi connectivity index (χ1) is 11.6. The lowest BCUT2D eigenvalue weighted by atomic mass is 10.2. The van der Waals surface area contributed by atoms with E-state index in [-0.39, 0.29) is 11.7 Å². The molecule has 6 heteroatoms. The molecule has 0 aliphatic carbocycles. The normalized spacial score (nSPS) is 15.0. The highest BCUT2D eigenvalue weighted by Crippen LogP contribution is 2.12. The zero-order valence-corrected chi connectivity index (χ0v) is 13.2. The van der Waals surface area contributed by atoms with Gasteiger partial charge in [0.2, 0.25) is 5.91 Å². The van der Waals surface area contributed by atoms with Crippen molar-refractivity contribution >= 4 is 17.8 Å². The first kappa shape index (κ1) is 16.0. The number of benzene rings is 1. The van der Waals surface area contributed by atoms with Gasteiger partial charge in [-0.2, -0.15) is 0 Å². The quantitative estimate of drug-likeness (QED) is 0.530. The largest absolute Gasteiger partial charge is 0.350 e. The van der Waals surface area contributed by atoms with Crippen LogP contribution in [0.3, 0.4) is 0 Å². The zero-order chi connectivity index (χ0) is 16.9. The van der Waals surface area contributed by atoms with Crippen LogP contribution >= 0.6 is 0 Å². The number of anilines is 1. The summed E-state index contributed by atoms with van der Waals surface area (Å²) in [5.74, 6) is 0.354. The van der Waals surface area contributed by atoms with E-state index in [0.29, 0.717) is 32.0 Å². The molecule has 3 rings (SSSR count). The summed E-state index contributed by atoms with van der Waals surface area (Å²) in [6.07, 6.45) is 4.78. The standard InChI is InChI=1S/C18H19FN3O2/c19-16-7-4-15(5-8-16)6-9-18(23)21-13-11-20(12-14-21)17-3-1-2-10-22(17)24/h1-10,24H,11-14H2/q+1/b9-6+. The van der Waals surface area contributed by atoms with Crippen LogP contribution in [0.2, 0.25) is 0 Å². The minimum atomic E-state index is -0.295. The molecule has 0 radical (unpaired) electrons. The van der Waals surface area contributed by atoms with Crippen LogP contribution in [0.1, 0.15) is 5.56 Å². The second kappa shape index (κ2) is 7.12. The lowest BCUT2D eigenvalue weighted by Gasteiger charge is -2.30. The zero-order valence-electron chi connectivity index (χ0n) is 13.2. The summed E-state index contributed by atoms with van der Waals surface area (Å²) in [4.78, 5) is 16.0. The Morgan fingerprint density at radius 1 is 1.08 bits per heavy atom. The summed E-state index contributed by atoms with van der Waals surface area (Å²) in [7, 11) is 0. The minimum absolute atomic E-state index is 0.0658. The Balaban J connectivity index is 1.57. The third kappa shape index (κ3) is 3.71. The highest BCUT2D eigenvalue weighted by Gasteiger charge is 2.26. The fourth-order valence-electron chi connectivity index (χ4n) is 2.68. The van der Waals surface area contributed by atoms with Crippen LogP contribution in [0.15, 0.2) is 54.7 Å². The Kier molecular flexibility index (Phi) is 4.74. The Labute approximate surface area is 139 Å². The number of piperazine rings is 1. The molecular formula is C18H19FN3O2+. The molecule has 0 bridgehead atoms. The van der Waals surface area contributed by atoms with Crippen molar-refractivity contribution in [3.05, 3.63) is 66.1 Å². The number of halogens is 1. The maximum atomic E-state index is 12.9. The van der Waals surface area contributed by atoms with Crippen molar-refractivity contribution in [1.29, 1.82) is 0 Å². The molecule has 1 aliphatic heterocycles. The first-order valence-corrected chi connectivity index (χ1v) is 7.81. The van der Waals surface area contributed by atoms with Gasteiger partial charge in [0.25, 0.3) is 0 Å². The van der Waals surface area contributed by atoms with Gasteiger partial charge in [0.15, 0.2) is 0 Å². The van der Waals surface area contributed by atoms with E-state index in [4.69, 9.17) is 0 Å². The second-order valence-corrected chi connectivity index (χ2v) is 5.60. The summed E-state index contributed by atoms with van der Waals surface area (Å²) in [5.41, 5.74) is 0.786. The van der Waals surface area contributed by atoms with Crippen molar-refractivity contribution in [1.82, 2.24) is 4.90 Å². The van der Waals surface area contributed by atoms with E-state index in [1.807, 2.05) is 17.0 Å². The van der Waals surface area contributed by atoms with Crippen molar-refractivity contribution in [3.63, 3.8) is 0 Å². The second-order valence-electron chi connectivity index (χ2n) is 5.60. The maximum absolute atomic E-state index is 12.9. The van der Waals surface area contributed by atoms with E-state index in [0.717, 1.165) is 10.3 Å². The van der Waals surface area contributed by atoms with Gasteiger partial charge in [0, 0.05) is 12.1 Å². The number of nitrogens with zero attached hydrogens (tertiary/aromatic N) is 3. The number of aromatic nitrogens is 1. The molecule has 1 aliphatic rings. The van der Waals surface area contributed by atoms with E-state index in [1.165, 1.54) is 18.2 Å². The summed E-state index contributed by atoms with van der Waals surface area (Å²) >= 11 is 0. The van der Waals surface area contributed by atoms with Crippen LogP contribution in [0.25, 0.3) is 6.08 Å². The van der Waals surface area contributed by atoms with Gasteiger partial charge < -0.3 is 10.1 Å². The van der Waals surface area contributed by atoms with Gasteiger partial charge in [-0.25, -0.2) is 4.39 Å². The highest BCUT2D eigenvalue weighted by atomic mass is 19.1. The molecule has 24 heavy (non-hydrogen) atoms. The lowest BCUT2D eigenvalue weighted by molar-refractivity contribution is -0.894. The van der Waals surface area contributed by atoms with Crippen LogP contribution < -0.4 is 9.63 Å². The molecule has 0 saturated carbocycles. The molecule has 5 nitrogen and oxygen atoms in total. The topological polar surface area (TPSA) is 47.7 Å². The van der Waals surface area contributed by atoms with Gasteiger partial charge in [-0.05, 0) is 29.8 Å². The molecule has 2 aromatic rings. The molecule has 1 saturated heterocycles. The van der Waals surface area contributed by atoms with Crippen LogP contribution in [-0.4, -0.2) is 42.2 Å². The maximum Gasteiger partial charge on any atom is 0.316 e. The molecule has 124 valence electrons. The van der Waals surface area contributed by atoms with Gasteiger partial charge in [0.1, 0.15) is 25.1 Å². The number of amides is 1. The Bertz CT molecular complexity index is 738. The van der Waals surface area contributed by atoms with Crippen molar-refractivity contribution in [2.45, 2.75) is 0 Å².